The smallest absolute Gasteiger partial charge is 0.303 e. The Bertz CT molecular complexity index is 809. The third kappa shape index (κ3) is 8.18. The molecule has 1 N–H and O–H groups in total. The van der Waals surface area contributed by atoms with Crippen LogP contribution in [0.3, 0.4) is 0 Å². The Balaban J connectivity index is 1.76. The molecule has 170 valence electrons. The van der Waals surface area contributed by atoms with Crippen LogP contribution < -0.4 is 9.47 Å². The van der Waals surface area contributed by atoms with Gasteiger partial charge in [0.1, 0.15) is 15.8 Å². The van der Waals surface area contributed by atoms with E-state index in [-0.39, 0.29) is 12.3 Å². The number of carboxylic acids is 1. The Hall–Kier alpha value is -2.06. The fourth-order valence-corrected chi connectivity index (χ4v) is 4.69. The first kappa shape index (κ1) is 25.2. The minimum absolute atomic E-state index is 0.0571. The average Bonchev–Trinajstić information content (AvgIpc) is 3.01. The predicted molar refractivity (Wildman–Crippen MR) is 129 cm³/mol. The minimum Gasteiger partial charge on any atom is -0.497 e. The van der Waals surface area contributed by atoms with Crippen molar-refractivity contribution >= 4 is 46.3 Å². The van der Waals surface area contributed by atoms with Gasteiger partial charge < -0.3 is 14.6 Å². The van der Waals surface area contributed by atoms with Crippen LogP contribution in [-0.4, -0.2) is 47.0 Å². The Morgan fingerprint density at radius 1 is 1.06 bits per heavy atom. The van der Waals surface area contributed by atoms with E-state index >= 15 is 0 Å². The van der Waals surface area contributed by atoms with Gasteiger partial charge in [0.05, 0.1) is 19.1 Å². The number of carboxylic acid groups (broad SMARTS) is 1. The van der Waals surface area contributed by atoms with Gasteiger partial charge in [-0.05, 0) is 37.1 Å². The fraction of sp³-hybridized carbons (Fsp3) is 0.522. The number of unbranched alkanes of at least 4 members (excludes halogenated alkanes) is 7. The van der Waals surface area contributed by atoms with Gasteiger partial charge >= 0.3 is 5.97 Å². The van der Waals surface area contributed by atoms with Crippen molar-refractivity contribution in [3.8, 4) is 11.5 Å². The SMILES string of the molecule is COc1ccc(OC)c(C=C2SC(=S)N(CCCCCCCCCCC(=O)O)C2=O)c1. The first-order valence-corrected chi connectivity index (χ1v) is 11.9. The summed E-state index contributed by atoms with van der Waals surface area (Å²) in [6, 6.07) is 5.47. The summed E-state index contributed by atoms with van der Waals surface area (Å²) in [5.74, 6) is 0.602. The summed E-state index contributed by atoms with van der Waals surface area (Å²) in [4.78, 5) is 25.6. The molecule has 0 bridgehead atoms. The molecule has 1 heterocycles. The van der Waals surface area contributed by atoms with Crippen molar-refractivity contribution in [2.75, 3.05) is 20.8 Å². The molecule has 0 saturated carbocycles. The number of aliphatic carboxylic acids is 1. The molecule has 6 nitrogen and oxygen atoms in total. The van der Waals surface area contributed by atoms with Crippen LogP contribution in [0.15, 0.2) is 23.1 Å². The molecule has 0 spiro atoms. The van der Waals surface area contributed by atoms with Crippen LogP contribution >= 0.6 is 24.0 Å². The van der Waals surface area contributed by atoms with Crippen molar-refractivity contribution in [1.82, 2.24) is 4.90 Å². The average molecular weight is 466 g/mol. The van der Waals surface area contributed by atoms with E-state index in [0.29, 0.717) is 27.3 Å². The summed E-state index contributed by atoms with van der Waals surface area (Å²) >= 11 is 6.75. The molecule has 0 aliphatic carbocycles. The lowest BCUT2D eigenvalue weighted by atomic mass is 10.1. The Morgan fingerprint density at radius 3 is 2.32 bits per heavy atom. The maximum absolute atomic E-state index is 12.8. The molecular formula is C23H31NO5S2. The number of thiocarbonyl (C=S) groups is 1. The number of carbonyl (C=O) groups excluding carboxylic acids is 1. The monoisotopic (exact) mass is 465 g/mol. The zero-order valence-corrected chi connectivity index (χ0v) is 19.9. The Kier molecular flexibility index (Phi) is 10.9. The van der Waals surface area contributed by atoms with Crippen LogP contribution in [0.1, 0.15) is 63.4 Å². The molecule has 0 radical (unpaired) electrons. The van der Waals surface area contributed by atoms with E-state index in [1.807, 2.05) is 24.3 Å². The highest BCUT2D eigenvalue weighted by atomic mass is 32.2. The van der Waals surface area contributed by atoms with Gasteiger partial charge in [-0.15, -0.1) is 0 Å². The number of benzene rings is 1. The number of rotatable bonds is 14. The number of carbonyl (C=O) groups is 2. The second-order valence-electron chi connectivity index (χ2n) is 7.41. The van der Waals surface area contributed by atoms with E-state index in [1.54, 1.807) is 19.1 Å². The maximum atomic E-state index is 12.8. The molecule has 0 atom stereocenters. The summed E-state index contributed by atoms with van der Waals surface area (Å²) < 4.78 is 11.3. The van der Waals surface area contributed by atoms with Crippen molar-refractivity contribution < 1.29 is 24.2 Å². The Labute approximate surface area is 194 Å². The van der Waals surface area contributed by atoms with Crippen LogP contribution in [0.25, 0.3) is 6.08 Å². The van der Waals surface area contributed by atoms with Gasteiger partial charge in [-0.3, -0.25) is 14.5 Å². The van der Waals surface area contributed by atoms with E-state index in [0.717, 1.165) is 56.9 Å². The third-order valence-electron chi connectivity index (χ3n) is 5.12. The topological polar surface area (TPSA) is 76.1 Å². The summed E-state index contributed by atoms with van der Waals surface area (Å²) in [6.07, 6.45) is 10.3. The molecule has 0 unspecified atom stereocenters. The van der Waals surface area contributed by atoms with Gasteiger partial charge in [0.15, 0.2) is 0 Å². The normalized spacial score (nSPS) is 15.0. The van der Waals surface area contributed by atoms with E-state index in [9.17, 15) is 9.59 Å². The number of ether oxygens (including phenoxy) is 2. The van der Waals surface area contributed by atoms with Crippen molar-refractivity contribution in [3.05, 3.63) is 28.7 Å². The summed E-state index contributed by atoms with van der Waals surface area (Å²) in [6.45, 7) is 0.635. The molecule has 0 aromatic heterocycles. The quantitative estimate of drug-likeness (QED) is 0.221. The molecule has 1 aromatic carbocycles. The van der Waals surface area contributed by atoms with Gasteiger partial charge in [-0.1, -0.05) is 62.5 Å². The minimum atomic E-state index is -0.715. The van der Waals surface area contributed by atoms with E-state index in [4.69, 9.17) is 26.8 Å². The van der Waals surface area contributed by atoms with Crippen LogP contribution in [0.5, 0.6) is 11.5 Å². The molecule has 1 aliphatic heterocycles. The molecule has 31 heavy (non-hydrogen) atoms. The van der Waals surface area contributed by atoms with Gasteiger partial charge in [0, 0.05) is 18.5 Å². The molecule has 1 aromatic rings. The van der Waals surface area contributed by atoms with Gasteiger partial charge in [-0.2, -0.15) is 0 Å². The van der Waals surface area contributed by atoms with Crippen molar-refractivity contribution in [1.29, 1.82) is 0 Å². The first-order chi connectivity index (χ1) is 15.0. The van der Waals surface area contributed by atoms with Crippen molar-refractivity contribution in [2.45, 2.75) is 57.8 Å². The molecule has 2 rings (SSSR count). The van der Waals surface area contributed by atoms with Crippen molar-refractivity contribution in [3.63, 3.8) is 0 Å². The number of methoxy groups -OCH3 is 2. The molecular weight excluding hydrogens is 434 g/mol. The number of amides is 1. The van der Waals surface area contributed by atoms with E-state index in [2.05, 4.69) is 0 Å². The van der Waals surface area contributed by atoms with Crippen molar-refractivity contribution in [2.24, 2.45) is 0 Å². The summed E-state index contributed by atoms with van der Waals surface area (Å²) in [7, 11) is 3.20. The second-order valence-corrected chi connectivity index (χ2v) is 9.09. The zero-order valence-electron chi connectivity index (χ0n) is 18.2. The zero-order chi connectivity index (χ0) is 22.6. The number of thioether (sulfide) groups is 1. The molecule has 1 saturated heterocycles. The lowest BCUT2D eigenvalue weighted by Crippen LogP contribution is -2.29. The number of nitrogens with zero attached hydrogens (tertiary/aromatic N) is 1. The van der Waals surface area contributed by atoms with Crippen LogP contribution in [0.4, 0.5) is 0 Å². The molecule has 1 fully saturated rings. The largest absolute Gasteiger partial charge is 0.497 e. The van der Waals surface area contributed by atoms with Gasteiger partial charge in [0.25, 0.3) is 5.91 Å². The lowest BCUT2D eigenvalue weighted by molar-refractivity contribution is -0.137. The van der Waals surface area contributed by atoms with Crippen LogP contribution in [-0.2, 0) is 9.59 Å². The summed E-state index contributed by atoms with van der Waals surface area (Å²) in [5, 5.41) is 8.62. The van der Waals surface area contributed by atoms with Crippen LogP contribution in [0.2, 0.25) is 0 Å². The lowest BCUT2D eigenvalue weighted by Gasteiger charge is -2.14. The highest BCUT2D eigenvalue weighted by Gasteiger charge is 2.31. The van der Waals surface area contributed by atoms with Gasteiger partial charge in [-0.25, -0.2) is 0 Å². The standard InChI is InChI=1S/C23H31NO5S2/c1-28-18-12-13-19(29-2)17(15-18)16-20-22(27)24(23(30)31-20)14-10-8-6-4-3-5-7-9-11-21(25)26/h12-13,15-16H,3-11,14H2,1-2H3,(H,25,26). The Morgan fingerprint density at radius 2 is 1.71 bits per heavy atom. The maximum Gasteiger partial charge on any atom is 0.303 e. The fourth-order valence-electron chi connectivity index (χ4n) is 3.39. The molecule has 1 amide bonds. The second kappa shape index (κ2) is 13.4. The molecule has 8 heteroatoms. The highest BCUT2D eigenvalue weighted by Crippen LogP contribution is 2.35. The van der Waals surface area contributed by atoms with Crippen LogP contribution in [0, 0.1) is 0 Å². The van der Waals surface area contributed by atoms with Gasteiger partial charge in [0.2, 0.25) is 0 Å². The predicted octanol–water partition coefficient (Wildman–Crippen LogP) is 5.50. The van der Waals surface area contributed by atoms with E-state index < -0.39 is 5.97 Å². The first-order valence-electron chi connectivity index (χ1n) is 10.7. The third-order valence-corrected chi connectivity index (χ3v) is 6.50. The summed E-state index contributed by atoms with van der Waals surface area (Å²) in [5.41, 5.74) is 0.783. The van der Waals surface area contributed by atoms with E-state index in [1.165, 1.54) is 11.8 Å². The number of hydrogen-bond donors (Lipinski definition) is 1. The number of hydrogen-bond acceptors (Lipinski definition) is 6. The molecule has 1 aliphatic rings. The highest BCUT2D eigenvalue weighted by molar-refractivity contribution is 8.26.